The van der Waals surface area contributed by atoms with Crippen molar-refractivity contribution in [1.29, 1.82) is 0 Å². The van der Waals surface area contributed by atoms with Crippen molar-refractivity contribution in [3.05, 3.63) is 70.7 Å². The zero-order chi connectivity index (χ0) is 18.4. The molecule has 0 aliphatic carbocycles. The minimum Gasteiger partial charge on any atom is -0.483 e. The quantitative estimate of drug-likeness (QED) is 0.680. The zero-order valence-corrected chi connectivity index (χ0v) is 14.9. The summed E-state index contributed by atoms with van der Waals surface area (Å²) in [5, 5.41) is 0.780. The van der Waals surface area contributed by atoms with Gasteiger partial charge in [-0.2, -0.15) is 0 Å². The average Bonchev–Trinajstić information content (AvgIpc) is 3.12. The first kappa shape index (κ1) is 17.6. The molecule has 0 fully saturated rings. The number of para-hydroxylation sites is 1. The topological polar surface area (TPSA) is 80.3 Å². The number of amides is 2. The van der Waals surface area contributed by atoms with E-state index in [2.05, 4.69) is 15.8 Å². The summed E-state index contributed by atoms with van der Waals surface area (Å²) in [7, 11) is 0. The van der Waals surface area contributed by atoms with E-state index in [1.54, 1.807) is 13.0 Å². The summed E-state index contributed by atoms with van der Waals surface area (Å²) < 4.78 is 5.62. The van der Waals surface area contributed by atoms with Crippen LogP contribution in [0.25, 0.3) is 11.1 Å². The summed E-state index contributed by atoms with van der Waals surface area (Å²) in [6.07, 6.45) is 1.47. The molecule has 1 aromatic heterocycles. The molecule has 0 radical (unpaired) electrons. The number of aromatic nitrogens is 1. The van der Waals surface area contributed by atoms with Gasteiger partial charge in [0.05, 0.1) is 11.2 Å². The Kier molecular flexibility index (Phi) is 5.60. The predicted octanol–water partition coefficient (Wildman–Crippen LogP) is 2.96. The first-order valence-electron chi connectivity index (χ1n) is 7.92. The lowest BCUT2D eigenvalue weighted by Gasteiger charge is -2.12. The van der Waals surface area contributed by atoms with Crippen LogP contribution in [0.3, 0.4) is 0 Å². The molecule has 3 rings (SSSR count). The number of hydrazine groups is 1. The standard InChI is InChI=1S/C19H17N3O3S/c1-13-20-11-17(26-13)19(24)22-21-18(23)12-25-16-10-6-5-9-15(16)14-7-3-2-4-8-14/h2-11H,12H2,1H3,(H,21,23)(H,22,24). The van der Waals surface area contributed by atoms with E-state index in [0.717, 1.165) is 16.1 Å². The van der Waals surface area contributed by atoms with Gasteiger partial charge in [0, 0.05) is 5.56 Å². The molecule has 2 aromatic carbocycles. The van der Waals surface area contributed by atoms with E-state index in [4.69, 9.17) is 4.74 Å². The summed E-state index contributed by atoms with van der Waals surface area (Å²) in [4.78, 5) is 28.3. The van der Waals surface area contributed by atoms with Gasteiger partial charge in [0.15, 0.2) is 6.61 Å². The van der Waals surface area contributed by atoms with Crippen LogP contribution < -0.4 is 15.6 Å². The molecule has 0 aliphatic rings. The minimum atomic E-state index is -0.456. The number of benzene rings is 2. The van der Waals surface area contributed by atoms with E-state index >= 15 is 0 Å². The van der Waals surface area contributed by atoms with Crippen molar-refractivity contribution < 1.29 is 14.3 Å². The molecule has 0 saturated carbocycles. The zero-order valence-electron chi connectivity index (χ0n) is 14.1. The Morgan fingerprint density at radius 2 is 1.77 bits per heavy atom. The number of thiazole rings is 1. The molecule has 7 heteroatoms. The Bertz CT molecular complexity index is 909. The third kappa shape index (κ3) is 4.46. The van der Waals surface area contributed by atoms with Crippen LogP contribution in [0.4, 0.5) is 0 Å². The number of carbonyl (C=O) groups excluding carboxylic acids is 2. The Labute approximate surface area is 154 Å². The van der Waals surface area contributed by atoms with Gasteiger partial charge in [-0.1, -0.05) is 48.5 Å². The van der Waals surface area contributed by atoms with E-state index in [0.29, 0.717) is 10.6 Å². The number of aryl methyl sites for hydroxylation is 1. The van der Waals surface area contributed by atoms with Crippen molar-refractivity contribution in [3.63, 3.8) is 0 Å². The molecule has 3 aromatic rings. The first-order chi connectivity index (χ1) is 12.6. The predicted molar refractivity (Wildman–Crippen MR) is 99.8 cm³/mol. The maximum absolute atomic E-state index is 11.9. The molecule has 2 amide bonds. The van der Waals surface area contributed by atoms with Crippen LogP contribution in [0.5, 0.6) is 5.75 Å². The maximum Gasteiger partial charge on any atom is 0.281 e. The lowest BCUT2D eigenvalue weighted by Crippen LogP contribution is -2.43. The number of hydrogen-bond acceptors (Lipinski definition) is 5. The van der Waals surface area contributed by atoms with Crippen LogP contribution in [0.15, 0.2) is 60.8 Å². The maximum atomic E-state index is 11.9. The second-order valence-corrected chi connectivity index (χ2v) is 6.63. The number of rotatable bonds is 5. The molecule has 6 nitrogen and oxygen atoms in total. The first-order valence-corrected chi connectivity index (χ1v) is 8.74. The fourth-order valence-electron chi connectivity index (χ4n) is 2.28. The molecular formula is C19H17N3O3S. The fourth-order valence-corrected chi connectivity index (χ4v) is 2.96. The molecule has 0 saturated heterocycles. The van der Waals surface area contributed by atoms with Crippen molar-refractivity contribution in [1.82, 2.24) is 15.8 Å². The summed E-state index contributed by atoms with van der Waals surface area (Å²) in [5.41, 5.74) is 6.57. The van der Waals surface area contributed by atoms with E-state index in [-0.39, 0.29) is 6.61 Å². The summed E-state index contributed by atoms with van der Waals surface area (Å²) in [6, 6.07) is 17.2. The van der Waals surface area contributed by atoms with E-state index in [1.807, 2.05) is 48.5 Å². The van der Waals surface area contributed by atoms with Gasteiger partial charge >= 0.3 is 0 Å². The second kappa shape index (κ2) is 8.26. The molecule has 2 N–H and O–H groups in total. The Morgan fingerprint density at radius 1 is 1.04 bits per heavy atom. The lowest BCUT2D eigenvalue weighted by molar-refractivity contribution is -0.123. The van der Waals surface area contributed by atoms with Gasteiger partial charge in [-0.25, -0.2) is 4.98 Å². The number of carbonyl (C=O) groups is 2. The normalized spacial score (nSPS) is 10.2. The lowest BCUT2D eigenvalue weighted by atomic mass is 10.1. The highest BCUT2D eigenvalue weighted by molar-refractivity contribution is 7.13. The Balaban J connectivity index is 1.56. The van der Waals surface area contributed by atoms with Gasteiger partial charge in [0.25, 0.3) is 11.8 Å². The number of nitrogens with one attached hydrogen (secondary N) is 2. The van der Waals surface area contributed by atoms with Gasteiger partial charge in [0.2, 0.25) is 0 Å². The SMILES string of the molecule is Cc1ncc(C(=O)NNC(=O)COc2ccccc2-c2ccccc2)s1. The van der Waals surface area contributed by atoms with Crippen molar-refractivity contribution in [3.8, 4) is 16.9 Å². The number of nitrogens with zero attached hydrogens (tertiary/aromatic N) is 1. The molecule has 0 spiro atoms. The molecule has 0 bridgehead atoms. The van der Waals surface area contributed by atoms with Crippen LogP contribution >= 0.6 is 11.3 Å². The highest BCUT2D eigenvalue weighted by atomic mass is 32.1. The minimum absolute atomic E-state index is 0.216. The van der Waals surface area contributed by atoms with Crippen LogP contribution in [0.1, 0.15) is 14.7 Å². The molecule has 0 atom stereocenters. The van der Waals surface area contributed by atoms with E-state index in [1.165, 1.54) is 17.5 Å². The van der Waals surface area contributed by atoms with Gasteiger partial charge < -0.3 is 4.74 Å². The van der Waals surface area contributed by atoms with Crippen molar-refractivity contribution in [2.75, 3.05) is 6.61 Å². The van der Waals surface area contributed by atoms with Crippen molar-refractivity contribution >= 4 is 23.2 Å². The van der Waals surface area contributed by atoms with Crippen LogP contribution in [-0.4, -0.2) is 23.4 Å². The summed E-state index contributed by atoms with van der Waals surface area (Å²) in [6.45, 7) is 1.59. The third-order valence-electron chi connectivity index (χ3n) is 3.49. The Morgan fingerprint density at radius 3 is 2.50 bits per heavy atom. The number of hydrogen-bond donors (Lipinski definition) is 2. The van der Waals surface area contributed by atoms with Crippen LogP contribution in [0.2, 0.25) is 0 Å². The van der Waals surface area contributed by atoms with E-state index in [9.17, 15) is 9.59 Å². The smallest absolute Gasteiger partial charge is 0.281 e. The largest absolute Gasteiger partial charge is 0.483 e. The van der Waals surface area contributed by atoms with Gasteiger partial charge in [0.1, 0.15) is 10.6 Å². The van der Waals surface area contributed by atoms with Crippen molar-refractivity contribution in [2.45, 2.75) is 6.92 Å². The van der Waals surface area contributed by atoms with Gasteiger partial charge in [-0.15, -0.1) is 11.3 Å². The Hall–Kier alpha value is -3.19. The average molecular weight is 367 g/mol. The van der Waals surface area contributed by atoms with Crippen LogP contribution in [0, 0.1) is 6.92 Å². The summed E-state index contributed by atoms with van der Waals surface area (Å²) in [5.74, 6) is -0.269. The van der Waals surface area contributed by atoms with Crippen LogP contribution in [-0.2, 0) is 4.79 Å². The summed E-state index contributed by atoms with van der Waals surface area (Å²) >= 11 is 1.25. The highest BCUT2D eigenvalue weighted by Crippen LogP contribution is 2.29. The van der Waals surface area contributed by atoms with E-state index < -0.39 is 11.8 Å². The highest BCUT2D eigenvalue weighted by Gasteiger charge is 2.11. The molecule has 26 heavy (non-hydrogen) atoms. The van der Waals surface area contributed by atoms with Crippen molar-refractivity contribution in [2.24, 2.45) is 0 Å². The monoisotopic (exact) mass is 367 g/mol. The molecule has 1 heterocycles. The second-order valence-electron chi connectivity index (χ2n) is 5.40. The van der Waals surface area contributed by atoms with Gasteiger partial charge in [-0.3, -0.25) is 20.4 Å². The fraction of sp³-hybridized carbons (Fsp3) is 0.105. The molecular weight excluding hydrogens is 350 g/mol. The van der Waals surface area contributed by atoms with Gasteiger partial charge in [-0.05, 0) is 18.6 Å². The number of ether oxygens (including phenoxy) is 1. The molecule has 132 valence electrons. The molecule has 0 aliphatic heterocycles. The third-order valence-corrected chi connectivity index (χ3v) is 4.40. The molecule has 0 unspecified atom stereocenters.